The van der Waals surface area contributed by atoms with Crippen molar-refractivity contribution in [2.45, 2.75) is 38.0 Å². The van der Waals surface area contributed by atoms with Gasteiger partial charge in [0.15, 0.2) is 0 Å². The third kappa shape index (κ3) is 5.32. The Labute approximate surface area is 145 Å². The SMILES string of the molecule is CC(C)(O)CC(O)(Cn1cncn1)/C(Cl)=C/c1ccc(Cl)cc1. The van der Waals surface area contributed by atoms with Gasteiger partial charge in [-0.3, -0.25) is 0 Å². The molecule has 2 rings (SSSR count). The van der Waals surface area contributed by atoms with Crippen molar-refractivity contribution in [3.8, 4) is 0 Å². The van der Waals surface area contributed by atoms with Crippen LogP contribution in [-0.4, -0.2) is 36.2 Å². The first-order valence-corrected chi connectivity index (χ1v) is 7.84. The fourth-order valence-electron chi connectivity index (χ4n) is 2.35. The summed E-state index contributed by atoms with van der Waals surface area (Å²) in [6.45, 7) is 3.32. The molecule has 7 heteroatoms. The van der Waals surface area contributed by atoms with Crippen molar-refractivity contribution in [2.75, 3.05) is 0 Å². The highest BCUT2D eigenvalue weighted by atomic mass is 35.5. The average Bonchev–Trinajstić information content (AvgIpc) is 2.91. The number of hydrogen-bond acceptors (Lipinski definition) is 4. The number of hydrogen-bond donors (Lipinski definition) is 2. The molecule has 124 valence electrons. The van der Waals surface area contributed by atoms with Crippen LogP contribution < -0.4 is 0 Å². The molecular weight excluding hydrogens is 337 g/mol. The van der Waals surface area contributed by atoms with E-state index in [9.17, 15) is 10.2 Å². The first-order valence-electron chi connectivity index (χ1n) is 7.08. The van der Waals surface area contributed by atoms with E-state index in [1.165, 1.54) is 17.3 Å². The van der Waals surface area contributed by atoms with Crippen LogP contribution in [0.3, 0.4) is 0 Å². The van der Waals surface area contributed by atoms with Gasteiger partial charge in [-0.25, -0.2) is 9.67 Å². The zero-order valence-corrected chi connectivity index (χ0v) is 14.5. The molecule has 5 nitrogen and oxygen atoms in total. The molecule has 0 radical (unpaired) electrons. The van der Waals surface area contributed by atoms with Crippen molar-refractivity contribution in [3.05, 3.63) is 52.5 Å². The molecule has 1 heterocycles. The fraction of sp³-hybridized carbons (Fsp3) is 0.375. The molecule has 1 aromatic carbocycles. The first-order chi connectivity index (χ1) is 10.7. The van der Waals surface area contributed by atoms with E-state index in [0.29, 0.717) is 5.02 Å². The van der Waals surface area contributed by atoms with Gasteiger partial charge in [-0.05, 0) is 37.6 Å². The van der Waals surface area contributed by atoms with Crippen LogP contribution in [-0.2, 0) is 6.54 Å². The summed E-state index contributed by atoms with van der Waals surface area (Å²) in [6, 6.07) is 7.07. The fourth-order valence-corrected chi connectivity index (χ4v) is 2.73. The van der Waals surface area contributed by atoms with Gasteiger partial charge in [0.05, 0.1) is 17.2 Å². The topological polar surface area (TPSA) is 71.2 Å². The van der Waals surface area contributed by atoms with Crippen LogP contribution in [0.15, 0.2) is 42.0 Å². The molecule has 0 bridgehead atoms. The molecular formula is C16H19Cl2N3O2. The zero-order valence-electron chi connectivity index (χ0n) is 12.9. The summed E-state index contributed by atoms with van der Waals surface area (Å²) in [4.78, 5) is 3.86. The minimum absolute atomic E-state index is 0.0444. The Bertz CT molecular complexity index is 664. The molecule has 0 saturated carbocycles. The molecule has 1 atom stereocenters. The van der Waals surface area contributed by atoms with Crippen LogP contribution in [0.2, 0.25) is 5.02 Å². The quantitative estimate of drug-likeness (QED) is 0.834. The lowest BCUT2D eigenvalue weighted by atomic mass is 9.88. The van der Waals surface area contributed by atoms with Gasteiger partial charge >= 0.3 is 0 Å². The number of aromatic nitrogens is 3. The maximum atomic E-state index is 11.0. The lowest BCUT2D eigenvalue weighted by Crippen LogP contribution is -2.42. The Balaban J connectivity index is 2.33. The molecule has 2 N–H and O–H groups in total. The van der Waals surface area contributed by atoms with Crippen LogP contribution >= 0.6 is 23.2 Å². The Morgan fingerprint density at radius 1 is 1.26 bits per heavy atom. The highest BCUT2D eigenvalue weighted by Crippen LogP contribution is 2.33. The van der Waals surface area contributed by atoms with Gasteiger partial charge in [0.1, 0.15) is 18.3 Å². The van der Waals surface area contributed by atoms with E-state index in [-0.39, 0.29) is 18.0 Å². The summed E-state index contributed by atoms with van der Waals surface area (Å²) in [5.41, 5.74) is -1.79. The molecule has 2 aromatic rings. The summed E-state index contributed by atoms with van der Waals surface area (Å²) in [6.07, 6.45) is 4.56. The van der Waals surface area contributed by atoms with Crippen molar-refractivity contribution in [3.63, 3.8) is 0 Å². The van der Waals surface area contributed by atoms with Crippen LogP contribution in [0.25, 0.3) is 6.08 Å². The standard InChI is InChI=1S/C16H19Cl2N3O2/c1-15(2,22)8-16(23,9-21-11-19-10-20-21)14(18)7-12-3-5-13(17)6-4-12/h3-7,10-11,22-23H,8-9H2,1-2H3/b14-7-. The molecule has 0 fully saturated rings. The lowest BCUT2D eigenvalue weighted by Gasteiger charge is -2.33. The third-order valence-electron chi connectivity index (χ3n) is 3.22. The van der Waals surface area contributed by atoms with Crippen molar-refractivity contribution < 1.29 is 10.2 Å². The molecule has 0 aliphatic carbocycles. The smallest absolute Gasteiger partial charge is 0.137 e. The molecule has 0 amide bonds. The maximum absolute atomic E-state index is 11.0. The second-order valence-electron chi connectivity index (χ2n) is 6.16. The summed E-state index contributed by atoms with van der Waals surface area (Å²) in [5.74, 6) is 0. The van der Waals surface area contributed by atoms with Crippen LogP contribution in [0, 0.1) is 0 Å². The molecule has 0 aliphatic rings. The van der Waals surface area contributed by atoms with Crippen LogP contribution in [0.5, 0.6) is 0 Å². The monoisotopic (exact) mass is 355 g/mol. The van der Waals surface area contributed by atoms with Crippen LogP contribution in [0.1, 0.15) is 25.8 Å². The molecule has 1 aromatic heterocycles. The Kier molecular flexibility index (Phi) is 5.47. The zero-order chi connectivity index (χ0) is 17.1. The normalized spacial score (nSPS) is 15.5. The number of nitrogens with zero attached hydrogens (tertiary/aromatic N) is 3. The van der Waals surface area contributed by atoms with Crippen molar-refractivity contribution in [1.29, 1.82) is 0 Å². The molecule has 0 aliphatic heterocycles. The van der Waals surface area contributed by atoms with E-state index in [0.717, 1.165) is 5.56 Å². The first kappa shape index (κ1) is 17.9. The number of halogens is 2. The lowest BCUT2D eigenvalue weighted by molar-refractivity contribution is -0.0307. The summed E-state index contributed by atoms with van der Waals surface area (Å²) >= 11 is 12.3. The van der Waals surface area contributed by atoms with Crippen molar-refractivity contribution in [2.24, 2.45) is 0 Å². The summed E-state index contributed by atoms with van der Waals surface area (Å²) in [7, 11) is 0. The molecule has 23 heavy (non-hydrogen) atoms. The molecule has 0 spiro atoms. The summed E-state index contributed by atoms with van der Waals surface area (Å²) in [5, 5.41) is 26.0. The van der Waals surface area contributed by atoms with Crippen LogP contribution in [0.4, 0.5) is 0 Å². The van der Waals surface area contributed by atoms with E-state index < -0.39 is 11.2 Å². The number of rotatable bonds is 6. The van der Waals surface area contributed by atoms with Crippen molar-refractivity contribution in [1.82, 2.24) is 14.8 Å². The van der Waals surface area contributed by atoms with Gasteiger partial charge < -0.3 is 10.2 Å². The second-order valence-corrected chi connectivity index (χ2v) is 7.00. The van der Waals surface area contributed by atoms with E-state index in [1.54, 1.807) is 44.2 Å². The van der Waals surface area contributed by atoms with Gasteiger partial charge in [0.25, 0.3) is 0 Å². The van der Waals surface area contributed by atoms with E-state index >= 15 is 0 Å². The molecule has 0 saturated heterocycles. The van der Waals surface area contributed by atoms with E-state index in [1.807, 2.05) is 0 Å². The van der Waals surface area contributed by atoms with Gasteiger partial charge in [-0.2, -0.15) is 5.10 Å². The van der Waals surface area contributed by atoms with Gasteiger partial charge in [0.2, 0.25) is 0 Å². The largest absolute Gasteiger partial charge is 0.390 e. The number of benzene rings is 1. The Hall–Kier alpha value is -1.40. The molecule has 1 unspecified atom stereocenters. The maximum Gasteiger partial charge on any atom is 0.137 e. The van der Waals surface area contributed by atoms with Gasteiger partial charge in [0, 0.05) is 11.4 Å². The second kappa shape index (κ2) is 7.01. The Morgan fingerprint density at radius 3 is 2.43 bits per heavy atom. The minimum atomic E-state index is -1.48. The third-order valence-corrected chi connectivity index (χ3v) is 3.94. The van der Waals surface area contributed by atoms with Gasteiger partial charge in [-0.15, -0.1) is 0 Å². The average molecular weight is 356 g/mol. The minimum Gasteiger partial charge on any atom is -0.390 e. The Morgan fingerprint density at radius 2 is 1.91 bits per heavy atom. The van der Waals surface area contributed by atoms with E-state index in [2.05, 4.69) is 10.1 Å². The predicted octanol–water partition coefficient (Wildman–Crippen LogP) is 3.10. The summed E-state index contributed by atoms with van der Waals surface area (Å²) < 4.78 is 1.48. The highest BCUT2D eigenvalue weighted by Gasteiger charge is 2.37. The predicted molar refractivity (Wildman–Crippen MR) is 91.2 cm³/mol. The number of aliphatic hydroxyl groups is 2. The highest BCUT2D eigenvalue weighted by molar-refractivity contribution is 6.32. The van der Waals surface area contributed by atoms with E-state index in [4.69, 9.17) is 23.2 Å². The van der Waals surface area contributed by atoms with Crippen molar-refractivity contribution >= 4 is 29.3 Å². The van der Waals surface area contributed by atoms with Gasteiger partial charge in [-0.1, -0.05) is 35.3 Å².